The van der Waals surface area contributed by atoms with E-state index in [2.05, 4.69) is 10.3 Å². The molecule has 0 bridgehead atoms. The van der Waals surface area contributed by atoms with E-state index in [0.29, 0.717) is 29.1 Å². The Morgan fingerprint density at radius 2 is 2.03 bits per heavy atom. The summed E-state index contributed by atoms with van der Waals surface area (Å²) in [6.45, 7) is 0.342. The van der Waals surface area contributed by atoms with E-state index in [-0.39, 0.29) is 23.1 Å². The van der Waals surface area contributed by atoms with E-state index in [9.17, 15) is 19.7 Å². The molecule has 1 aromatic heterocycles. The Morgan fingerprint density at radius 3 is 2.74 bits per heavy atom. The number of pyridine rings is 1. The number of ketones is 1. The zero-order valence-electron chi connectivity index (χ0n) is 18.6. The number of nitrogens with one attached hydrogen (secondary N) is 1. The van der Waals surface area contributed by atoms with Crippen molar-refractivity contribution < 1.29 is 19.2 Å². The van der Waals surface area contributed by atoms with Crippen molar-refractivity contribution in [2.75, 3.05) is 26.0 Å². The van der Waals surface area contributed by atoms with Gasteiger partial charge in [0.25, 0.3) is 5.69 Å². The molecule has 2 aromatic carbocycles. The Balaban J connectivity index is 1.74. The molecule has 0 unspecified atom stereocenters. The van der Waals surface area contributed by atoms with Gasteiger partial charge >= 0.3 is 0 Å². The van der Waals surface area contributed by atoms with Gasteiger partial charge in [-0.05, 0) is 42.9 Å². The quantitative estimate of drug-likeness (QED) is 0.354. The van der Waals surface area contributed by atoms with Crippen LogP contribution in [-0.2, 0) is 10.3 Å². The Hall–Kier alpha value is -4.11. The fraction of sp³-hybridized carbons (Fsp3) is 0.240. The summed E-state index contributed by atoms with van der Waals surface area (Å²) in [6, 6.07) is 16.6. The molecular formula is C25H22N4O5. The zero-order valence-corrected chi connectivity index (χ0v) is 18.6. The summed E-state index contributed by atoms with van der Waals surface area (Å²) < 4.78 is 5.42. The number of aromatic nitrogens is 1. The van der Waals surface area contributed by atoms with Crippen molar-refractivity contribution >= 4 is 23.1 Å². The van der Waals surface area contributed by atoms with Crippen LogP contribution < -0.4 is 10.1 Å². The lowest BCUT2D eigenvalue weighted by Gasteiger charge is -2.35. The standard InChI is InChI=1S/C25H22N4O5/c1-28-14-18(15-6-5-7-16(12-15)29(32)33)22(23(30)21-8-3-4-11-26-21)25(28)19-13-17(34-2)9-10-20(19)27-24(25)31/h3-13,18,22H,14H2,1-2H3,(H,27,31)/t18-,22+,25+/m0/s1. The minimum absolute atomic E-state index is 0.0666. The number of hydrogen-bond acceptors (Lipinski definition) is 7. The van der Waals surface area contributed by atoms with Gasteiger partial charge in [-0.1, -0.05) is 18.2 Å². The highest BCUT2D eigenvalue weighted by Gasteiger charge is 2.64. The van der Waals surface area contributed by atoms with E-state index in [4.69, 9.17) is 4.74 Å². The second-order valence-electron chi connectivity index (χ2n) is 8.53. The minimum Gasteiger partial charge on any atom is -0.497 e. The van der Waals surface area contributed by atoms with Gasteiger partial charge in [0.15, 0.2) is 5.78 Å². The maximum absolute atomic E-state index is 14.0. The number of amides is 1. The van der Waals surface area contributed by atoms with Crippen molar-refractivity contribution in [3.05, 3.63) is 93.8 Å². The number of anilines is 1. The number of non-ortho nitro benzene ring substituents is 1. The molecule has 1 saturated heterocycles. The first-order valence-corrected chi connectivity index (χ1v) is 10.8. The van der Waals surface area contributed by atoms with E-state index >= 15 is 0 Å². The van der Waals surface area contributed by atoms with Crippen LogP contribution in [0, 0.1) is 16.0 Å². The van der Waals surface area contributed by atoms with Gasteiger partial charge in [-0.2, -0.15) is 0 Å². The first-order chi connectivity index (χ1) is 16.4. The minimum atomic E-state index is -1.33. The molecule has 9 nitrogen and oxygen atoms in total. The summed E-state index contributed by atoms with van der Waals surface area (Å²) in [5.74, 6) is -1.41. The third-order valence-corrected chi connectivity index (χ3v) is 6.87. The van der Waals surface area contributed by atoms with Crippen LogP contribution in [0.4, 0.5) is 11.4 Å². The Morgan fingerprint density at radius 1 is 1.21 bits per heavy atom. The molecular weight excluding hydrogens is 436 g/mol. The lowest BCUT2D eigenvalue weighted by molar-refractivity contribution is -0.384. The van der Waals surface area contributed by atoms with Crippen LogP contribution in [0.5, 0.6) is 5.75 Å². The van der Waals surface area contributed by atoms with E-state index in [1.54, 1.807) is 62.7 Å². The van der Waals surface area contributed by atoms with Crippen LogP contribution in [-0.4, -0.2) is 47.2 Å². The Bertz CT molecular complexity index is 1310. The summed E-state index contributed by atoms with van der Waals surface area (Å²) in [7, 11) is 3.34. The lowest BCUT2D eigenvalue weighted by Crippen LogP contribution is -2.51. The molecule has 172 valence electrons. The van der Waals surface area contributed by atoms with Gasteiger partial charge < -0.3 is 10.1 Å². The van der Waals surface area contributed by atoms with Gasteiger partial charge in [0.1, 0.15) is 17.0 Å². The number of ether oxygens (including phenoxy) is 1. The van der Waals surface area contributed by atoms with Crippen LogP contribution >= 0.6 is 0 Å². The number of carbonyl (C=O) groups is 2. The molecule has 0 aliphatic carbocycles. The van der Waals surface area contributed by atoms with Crippen LogP contribution in [0.25, 0.3) is 0 Å². The highest BCUT2D eigenvalue weighted by Crippen LogP contribution is 2.56. The van der Waals surface area contributed by atoms with E-state index in [1.807, 2.05) is 4.90 Å². The normalized spacial score (nSPS) is 23.5. The molecule has 1 spiro atoms. The summed E-state index contributed by atoms with van der Waals surface area (Å²) in [6.07, 6.45) is 1.53. The number of carbonyl (C=O) groups excluding carboxylic acids is 2. The van der Waals surface area contributed by atoms with Gasteiger partial charge in [-0.15, -0.1) is 0 Å². The average Bonchev–Trinajstić information content (AvgIpc) is 3.33. The molecule has 0 saturated carbocycles. The molecule has 5 rings (SSSR count). The third-order valence-electron chi connectivity index (χ3n) is 6.87. The lowest BCUT2D eigenvalue weighted by atomic mass is 9.71. The molecule has 3 atom stereocenters. The number of hydrogen-bond donors (Lipinski definition) is 1. The summed E-state index contributed by atoms with van der Waals surface area (Å²) in [5.41, 5.74) is 0.715. The fourth-order valence-electron chi connectivity index (χ4n) is 5.38. The molecule has 1 N–H and O–H groups in total. The summed E-state index contributed by atoms with van der Waals surface area (Å²) in [5, 5.41) is 14.4. The number of nitrogens with zero attached hydrogens (tertiary/aromatic N) is 3. The molecule has 2 aliphatic heterocycles. The van der Waals surface area contributed by atoms with Crippen molar-refractivity contribution in [1.29, 1.82) is 0 Å². The van der Waals surface area contributed by atoms with Crippen molar-refractivity contribution in [2.45, 2.75) is 11.5 Å². The van der Waals surface area contributed by atoms with Gasteiger partial charge in [0, 0.05) is 42.0 Å². The average molecular weight is 458 g/mol. The van der Waals surface area contributed by atoms with Crippen LogP contribution in [0.3, 0.4) is 0 Å². The zero-order chi connectivity index (χ0) is 24.0. The van der Waals surface area contributed by atoms with Crippen molar-refractivity contribution in [3.63, 3.8) is 0 Å². The van der Waals surface area contributed by atoms with Crippen molar-refractivity contribution in [2.24, 2.45) is 5.92 Å². The number of nitro groups is 1. The number of likely N-dealkylation sites (tertiary alicyclic amines) is 1. The predicted octanol–water partition coefficient (Wildman–Crippen LogP) is 3.37. The molecule has 3 aromatic rings. The summed E-state index contributed by atoms with van der Waals surface area (Å²) in [4.78, 5) is 44.8. The molecule has 3 heterocycles. The summed E-state index contributed by atoms with van der Waals surface area (Å²) >= 11 is 0. The van der Waals surface area contributed by atoms with E-state index < -0.39 is 22.3 Å². The van der Waals surface area contributed by atoms with E-state index in [1.165, 1.54) is 18.3 Å². The van der Waals surface area contributed by atoms with E-state index in [0.717, 1.165) is 0 Å². The number of Topliss-reactive ketones (excluding diaryl/α,β-unsaturated/α-hetero) is 1. The third kappa shape index (κ3) is 3.08. The highest BCUT2D eigenvalue weighted by molar-refractivity contribution is 6.12. The maximum Gasteiger partial charge on any atom is 0.269 e. The number of fused-ring (bicyclic) bond motifs is 2. The number of methoxy groups -OCH3 is 1. The highest BCUT2D eigenvalue weighted by atomic mass is 16.6. The van der Waals surface area contributed by atoms with Gasteiger partial charge in [0.2, 0.25) is 5.91 Å². The maximum atomic E-state index is 14.0. The molecule has 1 amide bonds. The molecule has 34 heavy (non-hydrogen) atoms. The number of nitro benzene ring substituents is 1. The number of rotatable bonds is 5. The molecule has 9 heteroatoms. The van der Waals surface area contributed by atoms with Gasteiger partial charge in [-0.3, -0.25) is 29.6 Å². The fourth-order valence-corrected chi connectivity index (χ4v) is 5.38. The smallest absolute Gasteiger partial charge is 0.269 e. The number of likely N-dealkylation sites (N-methyl/N-ethyl adjacent to an activating group) is 1. The second kappa shape index (κ2) is 8.03. The Kier molecular flexibility index (Phi) is 5.13. The SMILES string of the molecule is COc1ccc2c(c1)[C@]1(C(=O)N2)[C@@H](C(=O)c2ccccn2)[C@H](c2cccc([N+](=O)[O-])c2)CN1C. The van der Waals surface area contributed by atoms with Crippen LogP contribution in [0.15, 0.2) is 66.9 Å². The van der Waals surface area contributed by atoms with Crippen LogP contribution in [0.1, 0.15) is 27.5 Å². The monoisotopic (exact) mass is 458 g/mol. The molecule has 2 aliphatic rings. The first kappa shape index (κ1) is 21.7. The molecule has 0 radical (unpaired) electrons. The Labute approximate surface area is 195 Å². The van der Waals surface area contributed by atoms with Crippen LogP contribution in [0.2, 0.25) is 0 Å². The van der Waals surface area contributed by atoms with Crippen molar-refractivity contribution in [3.8, 4) is 5.75 Å². The number of benzene rings is 2. The first-order valence-electron chi connectivity index (χ1n) is 10.8. The van der Waals surface area contributed by atoms with Gasteiger partial charge in [-0.25, -0.2) is 0 Å². The predicted molar refractivity (Wildman–Crippen MR) is 124 cm³/mol. The molecule has 1 fully saturated rings. The second-order valence-corrected chi connectivity index (χ2v) is 8.53. The van der Waals surface area contributed by atoms with Crippen molar-refractivity contribution in [1.82, 2.24) is 9.88 Å². The largest absolute Gasteiger partial charge is 0.497 e. The van der Waals surface area contributed by atoms with Gasteiger partial charge in [0.05, 0.1) is 18.0 Å². The topological polar surface area (TPSA) is 115 Å².